The van der Waals surface area contributed by atoms with Crippen molar-refractivity contribution < 1.29 is 52.8 Å². The van der Waals surface area contributed by atoms with E-state index in [1.54, 1.807) is 0 Å². The van der Waals surface area contributed by atoms with Gasteiger partial charge in [-0.25, -0.2) is 6.42 Å². The zero-order chi connectivity index (χ0) is 7.56. The van der Waals surface area contributed by atoms with Gasteiger partial charge in [-0.2, -0.15) is 24.1 Å². The van der Waals surface area contributed by atoms with E-state index in [9.17, 15) is 0 Å². The molecule has 1 heteroatoms. The number of hydrogen-bond donors (Lipinski definition) is 0. The minimum Gasteiger partial charge on any atom is -1.00 e. The van der Waals surface area contributed by atoms with Gasteiger partial charge in [0.25, 0.3) is 0 Å². The maximum Gasteiger partial charge on any atom is 1.00 e. The molecule has 56 valence electrons. The molecule has 0 heterocycles. The van der Waals surface area contributed by atoms with Gasteiger partial charge in [0.2, 0.25) is 0 Å². The summed E-state index contributed by atoms with van der Waals surface area (Å²) >= 11 is 0. The zero-order valence-corrected chi connectivity index (χ0v) is 10.5. The third kappa shape index (κ3) is 3.30. The first-order chi connectivity index (χ1) is 4.74. The summed E-state index contributed by atoms with van der Waals surface area (Å²) in [5.74, 6) is 0. The fourth-order valence-electron chi connectivity index (χ4n) is 0.987. The molecule has 0 atom stereocenters. The summed E-state index contributed by atoms with van der Waals surface area (Å²) in [5.41, 5.74) is 3.63. The van der Waals surface area contributed by atoms with Crippen LogP contribution >= 0.6 is 0 Å². The Morgan fingerprint density at radius 1 is 1.45 bits per heavy atom. The molecule has 0 aliphatic carbocycles. The van der Waals surface area contributed by atoms with E-state index < -0.39 is 0 Å². The van der Waals surface area contributed by atoms with Gasteiger partial charge < -0.3 is 8.35 Å². The summed E-state index contributed by atoms with van der Waals surface area (Å²) in [5, 5.41) is 0. The van der Waals surface area contributed by atoms with Gasteiger partial charge in [-0.1, -0.05) is 5.56 Å². The molecule has 0 unspecified atom stereocenters. The smallest absolute Gasteiger partial charge is 1.00 e. The van der Waals surface area contributed by atoms with Crippen molar-refractivity contribution in [2.24, 2.45) is 0 Å². The Balaban J connectivity index is 0. The van der Waals surface area contributed by atoms with Gasteiger partial charge in [-0.3, -0.25) is 0 Å². The van der Waals surface area contributed by atoms with E-state index in [1.807, 2.05) is 6.07 Å². The van der Waals surface area contributed by atoms with Crippen LogP contribution in [-0.2, 0) is 6.42 Å². The van der Waals surface area contributed by atoms with Crippen molar-refractivity contribution >= 4 is 0 Å². The standard InChI is InChI=1S/C10H12.K.H/c1-4-10-7-8(2)5-6-9(10)3;;/h5-7H,1,3-4H2,2H3;;/q-2;+1;-1. The molecular formula is C10H13K-2. The molecule has 0 aliphatic rings. The van der Waals surface area contributed by atoms with Gasteiger partial charge in [0.15, 0.2) is 0 Å². The summed E-state index contributed by atoms with van der Waals surface area (Å²) in [6.07, 6.45) is 0.834. The van der Waals surface area contributed by atoms with Crippen molar-refractivity contribution in [1.29, 1.82) is 0 Å². The Bertz CT molecular complexity index is 233. The Morgan fingerprint density at radius 2 is 2.09 bits per heavy atom. The first kappa shape index (κ1) is 11.7. The SMILES string of the molecule is [CH2-]Cc1cc(C)ccc1[CH2-].[H-].[K+]. The minimum atomic E-state index is 0. The van der Waals surface area contributed by atoms with Crippen LogP contribution in [0.15, 0.2) is 18.2 Å². The Labute approximate surface area is 113 Å². The molecule has 11 heavy (non-hydrogen) atoms. The Kier molecular flexibility index (Phi) is 5.74. The van der Waals surface area contributed by atoms with Crippen LogP contribution in [-0.4, -0.2) is 0 Å². The predicted octanol–water partition coefficient (Wildman–Crippen LogP) is -0.330. The summed E-state index contributed by atoms with van der Waals surface area (Å²) in [6, 6.07) is 6.24. The van der Waals surface area contributed by atoms with Crippen molar-refractivity contribution in [2.75, 3.05) is 0 Å². The molecule has 0 radical (unpaired) electrons. The number of rotatable bonds is 1. The van der Waals surface area contributed by atoms with E-state index in [4.69, 9.17) is 0 Å². The van der Waals surface area contributed by atoms with Crippen LogP contribution in [0.3, 0.4) is 0 Å². The second-order valence-corrected chi connectivity index (χ2v) is 2.52. The van der Waals surface area contributed by atoms with Gasteiger partial charge in [0.05, 0.1) is 0 Å². The van der Waals surface area contributed by atoms with Gasteiger partial charge in [0, 0.05) is 0 Å². The average Bonchev–Trinajstić information content (AvgIpc) is 1.94. The molecular weight excluding hydrogens is 159 g/mol. The fraction of sp³-hybridized carbons (Fsp3) is 0.200. The van der Waals surface area contributed by atoms with Gasteiger partial charge in [-0.15, -0.1) is 12.1 Å². The Hall–Kier alpha value is 0.726. The molecule has 0 saturated heterocycles. The summed E-state index contributed by atoms with van der Waals surface area (Å²) in [4.78, 5) is 0. The van der Waals surface area contributed by atoms with E-state index in [0.29, 0.717) is 0 Å². The molecule has 0 spiro atoms. The topological polar surface area (TPSA) is 0 Å². The van der Waals surface area contributed by atoms with Crippen molar-refractivity contribution in [3.05, 3.63) is 48.7 Å². The minimum absolute atomic E-state index is 0. The van der Waals surface area contributed by atoms with E-state index in [-0.39, 0.29) is 52.8 Å². The van der Waals surface area contributed by atoms with E-state index >= 15 is 0 Å². The summed E-state index contributed by atoms with van der Waals surface area (Å²) < 4.78 is 0. The summed E-state index contributed by atoms with van der Waals surface area (Å²) in [7, 11) is 0. The van der Waals surface area contributed by atoms with E-state index in [0.717, 1.165) is 12.0 Å². The van der Waals surface area contributed by atoms with E-state index in [2.05, 4.69) is 32.9 Å². The number of aryl methyl sites for hydroxylation is 1. The first-order valence-electron chi connectivity index (χ1n) is 3.45. The molecule has 0 fully saturated rings. The van der Waals surface area contributed by atoms with Crippen LogP contribution in [0.1, 0.15) is 18.1 Å². The van der Waals surface area contributed by atoms with Gasteiger partial charge in [-0.05, 0) is 6.92 Å². The largest absolute Gasteiger partial charge is 1.00 e. The van der Waals surface area contributed by atoms with Crippen LogP contribution in [0.4, 0.5) is 0 Å². The summed E-state index contributed by atoms with van der Waals surface area (Å²) in [6.45, 7) is 9.79. The molecule has 0 bridgehead atoms. The molecule has 1 rings (SSSR count). The molecule has 0 nitrogen and oxygen atoms in total. The maximum absolute atomic E-state index is 3.89. The monoisotopic (exact) mass is 172 g/mol. The number of benzene rings is 1. The van der Waals surface area contributed by atoms with Gasteiger partial charge >= 0.3 is 51.4 Å². The van der Waals surface area contributed by atoms with Crippen LogP contribution in [0, 0.1) is 20.8 Å². The van der Waals surface area contributed by atoms with Crippen LogP contribution in [0.25, 0.3) is 0 Å². The molecule has 0 aliphatic heterocycles. The second kappa shape index (κ2) is 5.39. The third-order valence-corrected chi connectivity index (χ3v) is 1.63. The molecule has 0 aromatic heterocycles. The van der Waals surface area contributed by atoms with Crippen molar-refractivity contribution in [3.63, 3.8) is 0 Å². The second-order valence-electron chi connectivity index (χ2n) is 2.52. The van der Waals surface area contributed by atoms with E-state index in [1.165, 1.54) is 11.1 Å². The molecule has 1 aromatic rings. The van der Waals surface area contributed by atoms with Crippen LogP contribution in [0.5, 0.6) is 0 Å². The Morgan fingerprint density at radius 3 is 2.55 bits per heavy atom. The van der Waals surface area contributed by atoms with Crippen LogP contribution in [0.2, 0.25) is 0 Å². The number of hydrogen-bond acceptors (Lipinski definition) is 0. The van der Waals surface area contributed by atoms with Crippen LogP contribution < -0.4 is 51.4 Å². The third-order valence-electron chi connectivity index (χ3n) is 1.63. The fourth-order valence-corrected chi connectivity index (χ4v) is 0.987. The van der Waals surface area contributed by atoms with Gasteiger partial charge in [0.1, 0.15) is 0 Å². The predicted molar refractivity (Wildman–Crippen MR) is 45.8 cm³/mol. The molecule has 1 aromatic carbocycles. The van der Waals surface area contributed by atoms with Crippen molar-refractivity contribution in [1.82, 2.24) is 0 Å². The maximum atomic E-state index is 3.89. The van der Waals surface area contributed by atoms with Crippen molar-refractivity contribution in [3.8, 4) is 0 Å². The zero-order valence-electron chi connectivity index (χ0n) is 8.35. The molecule has 0 saturated carbocycles. The first-order valence-corrected chi connectivity index (χ1v) is 3.45. The molecule has 0 amide bonds. The normalized spacial score (nSPS) is 8.91. The quantitative estimate of drug-likeness (QED) is 0.402. The van der Waals surface area contributed by atoms with Crippen molar-refractivity contribution in [2.45, 2.75) is 13.3 Å². The average molecular weight is 172 g/mol. The molecule has 0 N–H and O–H groups in total.